The summed E-state index contributed by atoms with van der Waals surface area (Å²) < 4.78 is 18.1. The van der Waals surface area contributed by atoms with Gasteiger partial charge in [-0.05, 0) is 28.1 Å². The van der Waals surface area contributed by atoms with Gasteiger partial charge in [-0.25, -0.2) is 4.39 Å². The molecule has 0 unspecified atom stereocenters. The second-order valence-electron chi connectivity index (χ2n) is 2.80. The van der Waals surface area contributed by atoms with Crippen molar-refractivity contribution in [2.75, 3.05) is 6.61 Å². The predicted octanol–water partition coefficient (Wildman–Crippen LogP) is 2.33. The minimum absolute atomic E-state index is 0.0920. The Labute approximate surface area is 94.4 Å². The average molecular weight is 275 g/mol. The molecule has 0 saturated carbocycles. The van der Waals surface area contributed by atoms with Crippen LogP contribution in [0.3, 0.4) is 0 Å². The first-order valence-corrected chi connectivity index (χ1v) is 4.92. The average Bonchev–Trinajstić information content (AvgIpc) is 2.18. The summed E-state index contributed by atoms with van der Waals surface area (Å²) >= 11 is 2.96. The van der Waals surface area contributed by atoms with Gasteiger partial charge in [0.1, 0.15) is 5.82 Å². The molecule has 1 aromatic rings. The minimum atomic E-state index is -0.644. The predicted molar refractivity (Wildman–Crippen MR) is 55.1 cm³/mol. The molecule has 0 aliphatic carbocycles. The monoisotopic (exact) mass is 274 g/mol. The van der Waals surface area contributed by atoms with Crippen LogP contribution in [0.5, 0.6) is 0 Å². The van der Waals surface area contributed by atoms with E-state index in [1.165, 1.54) is 25.1 Å². The number of Topliss-reactive ketones (excluding diaryl/α,β-unsaturated/α-hetero) is 1. The van der Waals surface area contributed by atoms with E-state index in [1.54, 1.807) is 0 Å². The summed E-state index contributed by atoms with van der Waals surface area (Å²) in [7, 11) is 0. The fourth-order valence-corrected chi connectivity index (χ4v) is 1.33. The second kappa shape index (κ2) is 5.02. The number of carbonyl (C=O) groups is 2. The molecule has 15 heavy (non-hydrogen) atoms. The van der Waals surface area contributed by atoms with E-state index in [0.29, 0.717) is 0 Å². The van der Waals surface area contributed by atoms with Gasteiger partial charge in [0.15, 0.2) is 6.61 Å². The maximum absolute atomic E-state index is 13.4. The Kier molecular flexibility index (Phi) is 3.96. The molecule has 0 amide bonds. The molecule has 0 aliphatic heterocycles. The number of rotatable bonds is 3. The van der Waals surface area contributed by atoms with E-state index >= 15 is 0 Å². The molecule has 0 atom stereocenters. The smallest absolute Gasteiger partial charge is 0.303 e. The van der Waals surface area contributed by atoms with E-state index in [-0.39, 0.29) is 10.0 Å². The van der Waals surface area contributed by atoms with E-state index < -0.39 is 24.2 Å². The molecule has 0 spiro atoms. The van der Waals surface area contributed by atoms with Gasteiger partial charge < -0.3 is 4.74 Å². The van der Waals surface area contributed by atoms with Gasteiger partial charge in [0, 0.05) is 6.92 Å². The molecule has 0 aromatic heterocycles. The lowest BCUT2D eigenvalue weighted by Gasteiger charge is -2.03. The Morgan fingerprint density at radius 1 is 1.47 bits per heavy atom. The molecule has 0 heterocycles. The molecule has 1 rings (SSSR count). The number of hydrogen-bond donors (Lipinski definition) is 0. The molecule has 1 aromatic carbocycles. The molecule has 5 heteroatoms. The molecule has 0 N–H and O–H groups in total. The van der Waals surface area contributed by atoms with Crippen molar-refractivity contribution in [1.82, 2.24) is 0 Å². The Morgan fingerprint density at radius 2 is 2.13 bits per heavy atom. The van der Waals surface area contributed by atoms with Crippen LogP contribution in [0.4, 0.5) is 4.39 Å². The molecule has 0 aliphatic rings. The van der Waals surface area contributed by atoms with Gasteiger partial charge in [-0.2, -0.15) is 0 Å². The van der Waals surface area contributed by atoms with Crippen molar-refractivity contribution in [2.45, 2.75) is 6.92 Å². The van der Waals surface area contributed by atoms with Gasteiger partial charge in [-0.3, -0.25) is 9.59 Å². The van der Waals surface area contributed by atoms with Crippen molar-refractivity contribution in [3.63, 3.8) is 0 Å². The van der Waals surface area contributed by atoms with Gasteiger partial charge in [0.05, 0.1) is 10.0 Å². The Morgan fingerprint density at radius 3 is 2.73 bits per heavy atom. The van der Waals surface area contributed by atoms with Gasteiger partial charge in [0.2, 0.25) is 5.78 Å². The molecule has 0 bridgehead atoms. The summed E-state index contributed by atoms with van der Waals surface area (Å²) in [6.07, 6.45) is 0. The van der Waals surface area contributed by atoms with Crippen LogP contribution in [0, 0.1) is 5.82 Å². The number of benzene rings is 1. The SMILES string of the molecule is CC(=O)OCC(=O)c1cccc(Br)c1F. The molecule has 80 valence electrons. The van der Waals surface area contributed by atoms with Crippen LogP contribution in [0.25, 0.3) is 0 Å². The molecular formula is C10H8BrFO3. The number of esters is 1. The summed E-state index contributed by atoms with van der Waals surface area (Å²) in [5, 5.41) is 0. The quantitative estimate of drug-likeness (QED) is 0.628. The van der Waals surface area contributed by atoms with Crippen molar-refractivity contribution in [2.24, 2.45) is 0 Å². The first kappa shape index (κ1) is 11.8. The highest BCUT2D eigenvalue weighted by atomic mass is 79.9. The number of ether oxygens (including phenoxy) is 1. The van der Waals surface area contributed by atoms with E-state index in [1.807, 2.05) is 0 Å². The third-order valence-electron chi connectivity index (χ3n) is 1.66. The molecule has 0 saturated heterocycles. The van der Waals surface area contributed by atoms with Crippen molar-refractivity contribution in [1.29, 1.82) is 0 Å². The van der Waals surface area contributed by atoms with Crippen LogP contribution in [-0.4, -0.2) is 18.4 Å². The Bertz CT molecular complexity index is 404. The normalized spacial score (nSPS) is 9.80. The second-order valence-corrected chi connectivity index (χ2v) is 3.66. The zero-order valence-corrected chi connectivity index (χ0v) is 9.51. The van der Waals surface area contributed by atoms with Crippen molar-refractivity contribution < 1.29 is 18.7 Å². The zero-order valence-electron chi connectivity index (χ0n) is 7.92. The molecule has 3 nitrogen and oxygen atoms in total. The van der Waals surface area contributed by atoms with E-state index in [0.717, 1.165) is 0 Å². The van der Waals surface area contributed by atoms with Crippen molar-refractivity contribution in [3.05, 3.63) is 34.1 Å². The van der Waals surface area contributed by atoms with Crippen molar-refractivity contribution >= 4 is 27.7 Å². The Hall–Kier alpha value is -1.23. The van der Waals surface area contributed by atoms with Gasteiger partial charge >= 0.3 is 5.97 Å². The van der Waals surface area contributed by atoms with E-state index in [9.17, 15) is 14.0 Å². The first-order valence-electron chi connectivity index (χ1n) is 4.13. The van der Waals surface area contributed by atoms with E-state index in [2.05, 4.69) is 20.7 Å². The summed E-state index contributed by atoms with van der Waals surface area (Å²) in [6, 6.07) is 4.36. The maximum Gasteiger partial charge on any atom is 0.303 e. The molecular weight excluding hydrogens is 267 g/mol. The van der Waals surface area contributed by atoms with Crippen molar-refractivity contribution in [3.8, 4) is 0 Å². The van der Waals surface area contributed by atoms with E-state index in [4.69, 9.17) is 0 Å². The van der Waals surface area contributed by atoms with Gasteiger partial charge in [-0.15, -0.1) is 0 Å². The first-order chi connectivity index (χ1) is 7.02. The molecule has 0 fully saturated rings. The maximum atomic E-state index is 13.4. The third kappa shape index (κ3) is 3.13. The lowest BCUT2D eigenvalue weighted by atomic mass is 10.1. The minimum Gasteiger partial charge on any atom is -0.457 e. The van der Waals surface area contributed by atoms with Crippen LogP contribution in [0.1, 0.15) is 17.3 Å². The number of hydrogen-bond acceptors (Lipinski definition) is 3. The highest BCUT2D eigenvalue weighted by Crippen LogP contribution is 2.18. The standard InChI is InChI=1S/C10H8BrFO3/c1-6(13)15-5-9(14)7-3-2-4-8(11)10(7)12/h2-4H,5H2,1H3. The third-order valence-corrected chi connectivity index (χ3v) is 2.27. The summed E-state index contributed by atoms with van der Waals surface area (Å²) in [5.74, 6) is -1.78. The number of ketones is 1. The number of halogens is 2. The van der Waals surface area contributed by atoms with Crippen LogP contribution in [0.15, 0.2) is 22.7 Å². The van der Waals surface area contributed by atoms with Crippen LogP contribution in [0.2, 0.25) is 0 Å². The summed E-state index contributed by atoms with van der Waals surface area (Å²) in [4.78, 5) is 21.8. The molecule has 0 radical (unpaired) electrons. The fourth-order valence-electron chi connectivity index (χ4n) is 0.964. The zero-order chi connectivity index (χ0) is 11.4. The fraction of sp³-hybridized carbons (Fsp3) is 0.200. The Balaban J connectivity index is 2.82. The van der Waals surface area contributed by atoms with Gasteiger partial charge in [-0.1, -0.05) is 6.07 Å². The lowest BCUT2D eigenvalue weighted by molar-refractivity contribution is -0.139. The highest BCUT2D eigenvalue weighted by Gasteiger charge is 2.14. The summed E-state index contributed by atoms with van der Waals surface area (Å²) in [5.41, 5.74) is -0.0920. The highest BCUT2D eigenvalue weighted by molar-refractivity contribution is 9.10. The van der Waals surface area contributed by atoms with Gasteiger partial charge in [0.25, 0.3) is 0 Å². The number of carbonyl (C=O) groups excluding carboxylic acids is 2. The summed E-state index contributed by atoms with van der Waals surface area (Å²) in [6.45, 7) is 0.743. The van der Waals surface area contributed by atoms with Crippen LogP contribution in [-0.2, 0) is 9.53 Å². The topological polar surface area (TPSA) is 43.4 Å². The lowest BCUT2D eigenvalue weighted by Crippen LogP contribution is -2.13. The van der Waals surface area contributed by atoms with Crippen LogP contribution < -0.4 is 0 Å². The van der Waals surface area contributed by atoms with Crippen LogP contribution >= 0.6 is 15.9 Å². The largest absolute Gasteiger partial charge is 0.457 e.